The molecule has 1 amide bonds. The number of hydrogen-bond acceptors (Lipinski definition) is 6. The molecule has 0 atom stereocenters. The summed E-state index contributed by atoms with van der Waals surface area (Å²) in [4.78, 5) is 22.1. The molecular formula is C22H22N4O4. The van der Waals surface area contributed by atoms with E-state index in [1.807, 2.05) is 35.9 Å². The van der Waals surface area contributed by atoms with E-state index < -0.39 is 23.2 Å². The number of aromatic hydroxyl groups is 3. The minimum Gasteiger partial charge on any atom is -0.504 e. The Morgan fingerprint density at radius 3 is 2.50 bits per heavy atom. The fraction of sp³-hybridized carbons (Fsp3) is 0.227. The summed E-state index contributed by atoms with van der Waals surface area (Å²) in [6, 6.07) is 9.79. The fourth-order valence-electron chi connectivity index (χ4n) is 3.52. The van der Waals surface area contributed by atoms with Crippen LogP contribution in [0.5, 0.6) is 17.2 Å². The average Bonchev–Trinajstić information content (AvgIpc) is 3.07. The molecule has 0 fully saturated rings. The number of para-hydroxylation sites is 1. The van der Waals surface area contributed by atoms with Crippen molar-refractivity contribution in [3.63, 3.8) is 0 Å². The molecule has 0 bridgehead atoms. The number of rotatable bonds is 5. The highest BCUT2D eigenvalue weighted by Crippen LogP contribution is 2.36. The van der Waals surface area contributed by atoms with Gasteiger partial charge >= 0.3 is 0 Å². The quantitative estimate of drug-likeness (QED) is 0.374. The van der Waals surface area contributed by atoms with Crippen LogP contribution in [0.1, 0.15) is 35.9 Å². The maximum atomic E-state index is 12.8. The van der Waals surface area contributed by atoms with Crippen molar-refractivity contribution in [1.82, 2.24) is 14.5 Å². The van der Waals surface area contributed by atoms with Crippen molar-refractivity contribution >= 4 is 33.7 Å². The van der Waals surface area contributed by atoms with E-state index in [9.17, 15) is 20.1 Å². The number of hydrogen-bond donors (Lipinski definition) is 4. The van der Waals surface area contributed by atoms with E-state index in [2.05, 4.69) is 17.2 Å². The van der Waals surface area contributed by atoms with Gasteiger partial charge in [-0.1, -0.05) is 31.5 Å². The first kappa shape index (κ1) is 19.5. The van der Waals surface area contributed by atoms with Gasteiger partial charge in [0.15, 0.2) is 23.1 Å². The fourth-order valence-corrected chi connectivity index (χ4v) is 3.52. The predicted molar refractivity (Wildman–Crippen MR) is 114 cm³/mol. The third-order valence-corrected chi connectivity index (χ3v) is 5.12. The first-order valence-corrected chi connectivity index (χ1v) is 9.71. The molecule has 0 unspecified atom stereocenters. The van der Waals surface area contributed by atoms with Crippen molar-refractivity contribution < 1.29 is 20.1 Å². The Labute approximate surface area is 172 Å². The molecule has 0 aliphatic heterocycles. The van der Waals surface area contributed by atoms with E-state index >= 15 is 0 Å². The summed E-state index contributed by atoms with van der Waals surface area (Å²) in [6.07, 6.45) is 2.85. The zero-order valence-electron chi connectivity index (χ0n) is 16.7. The topological polar surface area (TPSA) is 120 Å². The van der Waals surface area contributed by atoms with Gasteiger partial charge in [-0.3, -0.25) is 4.79 Å². The first-order valence-electron chi connectivity index (χ1n) is 9.71. The Morgan fingerprint density at radius 2 is 1.80 bits per heavy atom. The number of carbonyl (C=O) groups excluding carboxylic acids is 1. The number of nitrogens with one attached hydrogen (secondary N) is 1. The number of phenols is 3. The molecule has 2 aromatic heterocycles. The summed E-state index contributed by atoms with van der Waals surface area (Å²) in [5.74, 6) is -1.25. The molecule has 0 radical (unpaired) electrons. The Balaban J connectivity index is 1.84. The molecule has 2 aromatic carbocycles. The molecule has 0 aliphatic rings. The maximum Gasteiger partial charge on any atom is 0.257 e. The highest BCUT2D eigenvalue weighted by Gasteiger charge is 2.20. The van der Waals surface area contributed by atoms with Crippen LogP contribution in [0.2, 0.25) is 0 Å². The normalized spacial score (nSPS) is 11.3. The van der Waals surface area contributed by atoms with Gasteiger partial charge in [0.2, 0.25) is 0 Å². The highest BCUT2D eigenvalue weighted by molar-refractivity contribution is 6.12. The number of aryl methyl sites for hydroxylation is 2. The number of nitrogens with zero attached hydrogens (tertiary/aromatic N) is 3. The lowest BCUT2D eigenvalue weighted by Crippen LogP contribution is -2.13. The zero-order valence-corrected chi connectivity index (χ0v) is 16.7. The number of benzene rings is 2. The Hall–Kier alpha value is -3.81. The second kappa shape index (κ2) is 7.55. The summed E-state index contributed by atoms with van der Waals surface area (Å²) < 4.78 is 2.03. The lowest BCUT2D eigenvalue weighted by molar-refractivity contribution is 0.102. The second-order valence-electron chi connectivity index (χ2n) is 7.18. The molecule has 154 valence electrons. The van der Waals surface area contributed by atoms with Crippen molar-refractivity contribution in [3.05, 3.63) is 47.8 Å². The second-order valence-corrected chi connectivity index (χ2v) is 7.18. The predicted octanol–water partition coefficient (Wildman–Crippen LogP) is 3.83. The molecule has 4 rings (SSSR count). The Morgan fingerprint density at radius 1 is 1.10 bits per heavy atom. The minimum atomic E-state index is -0.678. The van der Waals surface area contributed by atoms with E-state index in [0.717, 1.165) is 48.1 Å². The standard InChI is InChI=1S/C22H22N4O4/c1-3-4-9-17-24-18-19(26(17)2)13-7-5-6-8-14(13)23-21(18)25-22(30)12-10-15(27)20(29)16(28)11-12/h5-8,10-11,27-29H,3-4,9H2,1-2H3,(H,23,25,30). The van der Waals surface area contributed by atoms with Crippen molar-refractivity contribution in [2.24, 2.45) is 7.05 Å². The van der Waals surface area contributed by atoms with Crippen LogP contribution in [0.25, 0.3) is 21.9 Å². The first-order chi connectivity index (χ1) is 14.4. The number of phenolic OH excluding ortho intramolecular Hbond substituents is 3. The number of pyridine rings is 1. The summed E-state index contributed by atoms with van der Waals surface area (Å²) in [6.45, 7) is 2.12. The van der Waals surface area contributed by atoms with Crippen LogP contribution < -0.4 is 5.32 Å². The largest absolute Gasteiger partial charge is 0.504 e. The number of unbranched alkanes of at least 4 members (excludes halogenated alkanes) is 1. The number of carbonyl (C=O) groups is 1. The van der Waals surface area contributed by atoms with Crippen LogP contribution in [-0.4, -0.2) is 35.8 Å². The zero-order chi connectivity index (χ0) is 21.4. The smallest absolute Gasteiger partial charge is 0.257 e. The van der Waals surface area contributed by atoms with Gasteiger partial charge in [0, 0.05) is 24.4 Å². The van der Waals surface area contributed by atoms with Crippen molar-refractivity contribution in [1.29, 1.82) is 0 Å². The monoisotopic (exact) mass is 406 g/mol. The van der Waals surface area contributed by atoms with Gasteiger partial charge in [0.05, 0.1) is 11.0 Å². The molecule has 0 spiro atoms. The molecule has 30 heavy (non-hydrogen) atoms. The van der Waals surface area contributed by atoms with Gasteiger partial charge in [-0.15, -0.1) is 0 Å². The van der Waals surface area contributed by atoms with Gasteiger partial charge in [-0.25, -0.2) is 9.97 Å². The molecule has 4 aromatic rings. The molecule has 0 aliphatic carbocycles. The summed E-state index contributed by atoms with van der Waals surface area (Å²) in [5.41, 5.74) is 2.14. The SMILES string of the molecule is CCCCc1nc2c(NC(=O)c3cc(O)c(O)c(O)c3)nc3ccccc3c2n1C. The van der Waals surface area contributed by atoms with Crippen LogP contribution in [0.3, 0.4) is 0 Å². The molecule has 8 heteroatoms. The van der Waals surface area contributed by atoms with Crippen molar-refractivity contribution in [2.75, 3.05) is 5.32 Å². The number of fused-ring (bicyclic) bond motifs is 3. The Kier molecular flexibility index (Phi) is 4.91. The van der Waals surface area contributed by atoms with Gasteiger partial charge in [-0.2, -0.15) is 0 Å². The third-order valence-electron chi connectivity index (χ3n) is 5.12. The van der Waals surface area contributed by atoms with Crippen molar-refractivity contribution in [3.8, 4) is 17.2 Å². The summed E-state index contributed by atoms with van der Waals surface area (Å²) >= 11 is 0. The van der Waals surface area contributed by atoms with E-state index in [4.69, 9.17) is 4.98 Å². The van der Waals surface area contributed by atoms with E-state index in [-0.39, 0.29) is 5.56 Å². The molecule has 0 saturated heterocycles. The number of imidazole rings is 1. The third kappa shape index (κ3) is 3.26. The van der Waals surface area contributed by atoms with Crippen LogP contribution in [0.4, 0.5) is 5.82 Å². The van der Waals surface area contributed by atoms with Crippen LogP contribution >= 0.6 is 0 Å². The van der Waals surface area contributed by atoms with Crippen LogP contribution in [-0.2, 0) is 13.5 Å². The van der Waals surface area contributed by atoms with E-state index in [1.165, 1.54) is 0 Å². The Bertz CT molecular complexity index is 1260. The van der Waals surface area contributed by atoms with Crippen molar-refractivity contribution in [2.45, 2.75) is 26.2 Å². The minimum absolute atomic E-state index is 0.0203. The highest BCUT2D eigenvalue weighted by atomic mass is 16.3. The van der Waals surface area contributed by atoms with E-state index in [1.54, 1.807) is 0 Å². The molecule has 2 heterocycles. The van der Waals surface area contributed by atoms with Gasteiger partial charge < -0.3 is 25.2 Å². The molecular weight excluding hydrogens is 384 g/mol. The van der Waals surface area contributed by atoms with Gasteiger partial charge in [0.1, 0.15) is 11.3 Å². The number of amides is 1. The van der Waals surface area contributed by atoms with Gasteiger partial charge in [-0.05, 0) is 24.6 Å². The maximum absolute atomic E-state index is 12.8. The number of anilines is 1. The number of aromatic nitrogens is 3. The lowest BCUT2D eigenvalue weighted by Gasteiger charge is -2.10. The van der Waals surface area contributed by atoms with Crippen LogP contribution in [0.15, 0.2) is 36.4 Å². The molecule has 8 nitrogen and oxygen atoms in total. The van der Waals surface area contributed by atoms with Crippen LogP contribution in [0, 0.1) is 0 Å². The molecule has 0 saturated carbocycles. The van der Waals surface area contributed by atoms with E-state index in [0.29, 0.717) is 16.9 Å². The summed E-state index contributed by atoms with van der Waals surface area (Å²) in [5, 5.41) is 32.6. The summed E-state index contributed by atoms with van der Waals surface area (Å²) in [7, 11) is 1.95. The van der Waals surface area contributed by atoms with Gasteiger partial charge in [0.25, 0.3) is 5.91 Å². The average molecular weight is 406 g/mol. The lowest BCUT2D eigenvalue weighted by atomic mass is 10.1. The molecule has 4 N–H and O–H groups in total.